The Morgan fingerprint density at radius 1 is 1.22 bits per heavy atom. The Morgan fingerprint density at radius 2 is 2.00 bits per heavy atom. The largest absolute Gasteiger partial charge is 0.497 e. The number of anilines is 1. The molecule has 2 aromatic carbocycles. The number of nitrogens with one attached hydrogen (secondary N) is 1. The number of halogens is 1. The van der Waals surface area contributed by atoms with Gasteiger partial charge >= 0.3 is 0 Å². The first-order valence-electron chi connectivity index (χ1n) is 7.15. The molecule has 0 radical (unpaired) electrons. The minimum atomic E-state index is -0.191. The number of carbonyl (C=O) groups is 1. The van der Waals surface area contributed by atoms with Gasteiger partial charge in [-0.2, -0.15) is 0 Å². The summed E-state index contributed by atoms with van der Waals surface area (Å²) < 4.78 is 6.15. The number of rotatable bonds is 3. The number of benzene rings is 2. The van der Waals surface area contributed by atoms with Crippen molar-refractivity contribution >= 4 is 44.6 Å². The van der Waals surface area contributed by atoms with Crippen LogP contribution < -0.4 is 10.1 Å². The van der Waals surface area contributed by atoms with E-state index in [0.717, 1.165) is 32.6 Å². The van der Waals surface area contributed by atoms with Crippen LogP contribution >= 0.6 is 22.9 Å². The number of fused-ring (bicyclic) bond motifs is 1. The minimum absolute atomic E-state index is 0.191. The molecule has 0 aliphatic heterocycles. The Morgan fingerprint density at radius 3 is 2.74 bits per heavy atom. The number of aryl methyl sites for hydroxylation is 1. The SMILES string of the molecule is COc1ccc2c(Cl)c(C(=O)Nc3cccc(C)c3C)sc2c1. The number of hydrogen-bond donors (Lipinski definition) is 1. The van der Waals surface area contributed by atoms with Crippen molar-refractivity contribution in [3.63, 3.8) is 0 Å². The fourth-order valence-electron chi connectivity index (χ4n) is 2.38. The van der Waals surface area contributed by atoms with E-state index < -0.39 is 0 Å². The van der Waals surface area contributed by atoms with Gasteiger partial charge in [0.1, 0.15) is 10.6 Å². The van der Waals surface area contributed by atoms with Gasteiger partial charge in [-0.15, -0.1) is 11.3 Å². The molecular weight excluding hydrogens is 330 g/mol. The molecule has 1 heterocycles. The smallest absolute Gasteiger partial charge is 0.267 e. The summed E-state index contributed by atoms with van der Waals surface area (Å²) in [6.07, 6.45) is 0. The molecule has 0 saturated carbocycles. The van der Waals surface area contributed by atoms with Gasteiger partial charge in [-0.3, -0.25) is 4.79 Å². The second kappa shape index (κ2) is 6.22. The molecule has 0 aliphatic carbocycles. The minimum Gasteiger partial charge on any atom is -0.497 e. The highest BCUT2D eigenvalue weighted by molar-refractivity contribution is 7.21. The van der Waals surface area contributed by atoms with Gasteiger partial charge in [0.15, 0.2) is 0 Å². The molecule has 23 heavy (non-hydrogen) atoms. The number of thiophene rings is 1. The lowest BCUT2D eigenvalue weighted by molar-refractivity contribution is 0.103. The highest BCUT2D eigenvalue weighted by atomic mass is 35.5. The normalized spacial score (nSPS) is 10.8. The fourth-order valence-corrected chi connectivity index (χ4v) is 3.82. The third-order valence-corrected chi connectivity index (χ3v) is 5.55. The van der Waals surface area contributed by atoms with Gasteiger partial charge in [0.05, 0.1) is 12.1 Å². The molecular formula is C18H16ClNO2S. The summed E-state index contributed by atoms with van der Waals surface area (Å²) in [5.41, 5.74) is 3.00. The van der Waals surface area contributed by atoms with Gasteiger partial charge in [0.2, 0.25) is 0 Å². The molecule has 118 valence electrons. The lowest BCUT2D eigenvalue weighted by Crippen LogP contribution is -2.11. The average molecular weight is 346 g/mol. The predicted molar refractivity (Wildman–Crippen MR) is 97.3 cm³/mol. The van der Waals surface area contributed by atoms with Crippen LogP contribution in [0.2, 0.25) is 5.02 Å². The molecule has 1 amide bonds. The first-order valence-corrected chi connectivity index (χ1v) is 8.34. The first kappa shape index (κ1) is 15.8. The molecule has 5 heteroatoms. The lowest BCUT2D eigenvalue weighted by Gasteiger charge is -2.09. The van der Waals surface area contributed by atoms with E-state index in [1.165, 1.54) is 11.3 Å². The molecule has 0 atom stereocenters. The second-order valence-corrected chi connectivity index (χ2v) is 6.74. The number of ether oxygens (including phenoxy) is 1. The van der Waals surface area contributed by atoms with Gasteiger partial charge in [-0.25, -0.2) is 0 Å². The van der Waals surface area contributed by atoms with Crippen LogP contribution in [0.25, 0.3) is 10.1 Å². The maximum Gasteiger partial charge on any atom is 0.267 e. The average Bonchev–Trinajstić information content (AvgIpc) is 2.88. The molecule has 0 fully saturated rings. The molecule has 1 N–H and O–H groups in total. The quantitative estimate of drug-likeness (QED) is 0.687. The molecule has 3 rings (SSSR count). The van der Waals surface area contributed by atoms with Crippen molar-refractivity contribution in [2.24, 2.45) is 0 Å². The summed E-state index contributed by atoms with van der Waals surface area (Å²) in [4.78, 5) is 13.1. The van der Waals surface area contributed by atoms with Gasteiger partial charge in [0.25, 0.3) is 5.91 Å². The summed E-state index contributed by atoms with van der Waals surface area (Å²) in [6, 6.07) is 11.4. The Bertz CT molecular complexity index is 901. The monoisotopic (exact) mass is 345 g/mol. The summed E-state index contributed by atoms with van der Waals surface area (Å²) in [7, 11) is 1.62. The van der Waals surface area contributed by atoms with Crippen molar-refractivity contribution in [1.29, 1.82) is 0 Å². The van der Waals surface area contributed by atoms with Crippen LogP contribution in [-0.2, 0) is 0 Å². The lowest BCUT2D eigenvalue weighted by atomic mass is 10.1. The van der Waals surface area contributed by atoms with E-state index in [9.17, 15) is 4.79 Å². The Balaban J connectivity index is 1.97. The first-order chi connectivity index (χ1) is 11.0. The van der Waals surface area contributed by atoms with Crippen molar-refractivity contribution in [1.82, 2.24) is 0 Å². The molecule has 0 aliphatic rings. The topological polar surface area (TPSA) is 38.3 Å². The molecule has 3 aromatic rings. The summed E-state index contributed by atoms with van der Waals surface area (Å²) in [5.74, 6) is 0.556. The van der Waals surface area contributed by atoms with Crippen LogP contribution in [0, 0.1) is 13.8 Å². The van der Waals surface area contributed by atoms with Crippen LogP contribution in [0.3, 0.4) is 0 Å². The third kappa shape index (κ3) is 2.92. The van der Waals surface area contributed by atoms with Crippen LogP contribution in [0.5, 0.6) is 5.75 Å². The molecule has 0 saturated heterocycles. The zero-order chi connectivity index (χ0) is 16.6. The van der Waals surface area contributed by atoms with E-state index in [0.29, 0.717) is 9.90 Å². The number of amides is 1. The summed E-state index contributed by atoms with van der Waals surface area (Å²) in [6.45, 7) is 4.01. The van der Waals surface area contributed by atoms with Crippen molar-refractivity contribution in [3.05, 3.63) is 57.4 Å². The van der Waals surface area contributed by atoms with Crippen molar-refractivity contribution in [3.8, 4) is 5.75 Å². The van der Waals surface area contributed by atoms with Crippen LogP contribution in [0.15, 0.2) is 36.4 Å². The van der Waals surface area contributed by atoms with Gasteiger partial charge in [-0.05, 0) is 49.2 Å². The third-order valence-electron chi connectivity index (χ3n) is 3.90. The maximum atomic E-state index is 12.6. The number of carbonyl (C=O) groups excluding carboxylic acids is 1. The van der Waals surface area contributed by atoms with Crippen molar-refractivity contribution in [2.45, 2.75) is 13.8 Å². The van der Waals surface area contributed by atoms with Crippen molar-refractivity contribution < 1.29 is 9.53 Å². The van der Waals surface area contributed by atoms with Crippen LogP contribution in [0.1, 0.15) is 20.8 Å². The summed E-state index contributed by atoms with van der Waals surface area (Å²) in [5, 5.41) is 4.30. The zero-order valence-corrected chi connectivity index (χ0v) is 14.6. The van der Waals surface area contributed by atoms with Crippen LogP contribution in [-0.4, -0.2) is 13.0 Å². The highest BCUT2D eigenvalue weighted by Gasteiger charge is 2.18. The Labute approximate surface area is 143 Å². The highest BCUT2D eigenvalue weighted by Crippen LogP contribution is 2.37. The van der Waals surface area contributed by atoms with Crippen LogP contribution in [0.4, 0.5) is 5.69 Å². The van der Waals surface area contributed by atoms with E-state index in [1.54, 1.807) is 7.11 Å². The number of hydrogen-bond acceptors (Lipinski definition) is 3. The number of methoxy groups -OCH3 is 1. The Kier molecular flexibility index (Phi) is 4.28. The van der Waals surface area contributed by atoms with E-state index in [4.69, 9.17) is 16.3 Å². The second-order valence-electron chi connectivity index (χ2n) is 5.31. The van der Waals surface area contributed by atoms with E-state index >= 15 is 0 Å². The molecule has 0 spiro atoms. The molecule has 3 nitrogen and oxygen atoms in total. The standard InChI is InChI=1S/C18H16ClNO2S/c1-10-5-4-6-14(11(10)2)20-18(21)17-16(19)13-8-7-12(22-3)9-15(13)23-17/h4-9H,1-3H3,(H,20,21). The molecule has 0 unspecified atom stereocenters. The molecule has 0 bridgehead atoms. The van der Waals surface area contributed by atoms with E-state index in [1.807, 2.05) is 50.2 Å². The molecule has 1 aromatic heterocycles. The van der Waals surface area contributed by atoms with Crippen molar-refractivity contribution in [2.75, 3.05) is 12.4 Å². The zero-order valence-electron chi connectivity index (χ0n) is 13.1. The van der Waals surface area contributed by atoms with E-state index in [2.05, 4.69) is 5.32 Å². The predicted octanol–water partition coefficient (Wildman–Crippen LogP) is 5.43. The summed E-state index contributed by atoms with van der Waals surface area (Å²) >= 11 is 7.76. The maximum absolute atomic E-state index is 12.6. The van der Waals surface area contributed by atoms with Gasteiger partial charge in [0, 0.05) is 15.8 Å². The van der Waals surface area contributed by atoms with E-state index in [-0.39, 0.29) is 5.91 Å². The van der Waals surface area contributed by atoms with Gasteiger partial charge in [-0.1, -0.05) is 23.7 Å². The van der Waals surface area contributed by atoms with Gasteiger partial charge < -0.3 is 10.1 Å². The Hall–Kier alpha value is -2.04. The fraction of sp³-hybridized carbons (Fsp3) is 0.167.